The second-order valence-electron chi connectivity index (χ2n) is 7.18. The Bertz CT molecular complexity index is 1180. The lowest BCUT2D eigenvalue weighted by molar-refractivity contribution is 0.0990. The highest BCUT2D eigenvalue weighted by Gasteiger charge is 2.27. The summed E-state index contributed by atoms with van der Waals surface area (Å²) < 4.78 is 1.84. The molecule has 0 saturated heterocycles. The van der Waals surface area contributed by atoms with Crippen LogP contribution in [0.4, 0.5) is 11.5 Å². The molecule has 6 heteroatoms. The van der Waals surface area contributed by atoms with E-state index in [4.69, 9.17) is 0 Å². The molecule has 3 heterocycles. The number of fused-ring (bicyclic) bond motifs is 1. The highest BCUT2D eigenvalue weighted by Crippen LogP contribution is 2.30. The summed E-state index contributed by atoms with van der Waals surface area (Å²) in [5.41, 5.74) is 4.63. The lowest BCUT2D eigenvalue weighted by Crippen LogP contribution is -2.29. The maximum Gasteiger partial charge on any atom is 0.262 e. The Morgan fingerprint density at radius 2 is 1.80 bits per heavy atom. The third-order valence-electron chi connectivity index (χ3n) is 5.27. The van der Waals surface area contributed by atoms with Crippen LogP contribution in [0.3, 0.4) is 0 Å². The van der Waals surface area contributed by atoms with Gasteiger partial charge in [0.25, 0.3) is 5.91 Å². The molecule has 0 fully saturated rings. The van der Waals surface area contributed by atoms with E-state index in [-0.39, 0.29) is 5.91 Å². The molecule has 4 aromatic rings. The Morgan fingerprint density at radius 3 is 2.70 bits per heavy atom. The fraction of sp³-hybridized carbons (Fsp3) is 0.125. The fourth-order valence-corrected chi connectivity index (χ4v) is 3.77. The number of anilines is 2. The maximum atomic E-state index is 13.3. The number of rotatable bonds is 5. The van der Waals surface area contributed by atoms with Gasteiger partial charge in [0, 0.05) is 24.6 Å². The Balaban J connectivity index is 1.34. The van der Waals surface area contributed by atoms with Crippen LogP contribution in [0.5, 0.6) is 0 Å². The Hall–Kier alpha value is -3.93. The van der Waals surface area contributed by atoms with Crippen LogP contribution < -0.4 is 10.2 Å². The van der Waals surface area contributed by atoms with E-state index in [2.05, 4.69) is 21.5 Å². The van der Waals surface area contributed by atoms with E-state index >= 15 is 0 Å². The van der Waals surface area contributed by atoms with Crippen molar-refractivity contribution < 1.29 is 4.79 Å². The molecule has 5 rings (SSSR count). The summed E-state index contributed by atoms with van der Waals surface area (Å²) >= 11 is 0. The smallest absolute Gasteiger partial charge is 0.262 e. The number of nitrogens with one attached hydrogen (secondary N) is 1. The minimum absolute atomic E-state index is 0.0367. The van der Waals surface area contributed by atoms with E-state index in [1.54, 1.807) is 12.3 Å². The van der Waals surface area contributed by atoms with Crippen LogP contribution in [0.15, 0.2) is 85.2 Å². The molecule has 0 spiro atoms. The Labute approximate surface area is 174 Å². The summed E-state index contributed by atoms with van der Waals surface area (Å²) in [5.74, 6) is 0.534. The molecule has 6 nitrogen and oxygen atoms in total. The third kappa shape index (κ3) is 3.43. The van der Waals surface area contributed by atoms with Gasteiger partial charge < -0.3 is 10.2 Å². The first-order valence-corrected chi connectivity index (χ1v) is 9.98. The van der Waals surface area contributed by atoms with Crippen molar-refractivity contribution in [1.82, 2.24) is 14.8 Å². The van der Waals surface area contributed by atoms with Crippen LogP contribution >= 0.6 is 0 Å². The number of nitrogens with zero attached hydrogens (tertiary/aromatic N) is 4. The highest BCUT2D eigenvalue weighted by atomic mass is 16.2. The van der Waals surface area contributed by atoms with Crippen LogP contribution in [0, 0.1) is 0 Å². The molecule has 0 radical (unpaired) electrons. The summed E-state index contributed by atoms with van der Waals surface area (Å²) in [6.07, 6.45) is 4.50. The number of para-hydroxylation sites is 2. The van der Waals surface area contributed by atoms with Gasteiger partial charge in [-0.3, -0.25) is 4.79 Å². The molecule has 0 aliphatic carbocycles. The van der Waals surface area contributed by atoms with Gasteiger partial charge in [0.05, 0.1) is 23.5 Å². The van der Waals surface area contributed by atoms with Crippen molar-refractivity contribution in [2.45, 2.75) is 13.0 Å². The van der Waals surface area contributed by atoms with Gasteiger partial charge in [-0.1, -0.05) is 36.4 Å². The minimum atomic E-state index is -0.0367. The van der Waals surface area contributed by atoms with Gasteiger partial charge in [-0.25, -0.2) is 9.67 Å². The largest absolute Gasteiger partial charge is 0.364 e. The van der Waals surface area contributed by atoms with Gasteiger partial charge in [-0.05, 0) is 48.4 Å². The lowest BCUT2D eigenvalue weighted by atomic mass is 10.1. The quantitative estimate of drug-likeness (QED) is 0.553. The van der Waals surface area contributed by atoms with Crippen LogP contribution in [0.25, 0.3) is 5.69 Å². The zero-order valence-corrected chi connectivity index (χ0v) is 16.4. The molecule has 1 amide bonds. The standard InChI is InChI=1S/C24H21N5O/c30-24(28-15-12-18-7-4-5-11-22(18)28)21-10-6-14-25-23(21)26-17-19-13-16-29(27-19)20-8-2-1-3-9-20/h1-11,13-14,16H,12,15,17H2,(H,25,26). The minimum Gasteiger partial charge on any atom is -0.364 e. The monoisotopic (exact) mass is 395 g/mol. The average molecular weight is 395 g/mol. The number of carbonyl (C=O) groups is 1. The zero-order chi connectivity index (χ0) is 20.3. The molecule has 0 atom stereocenters. The normalized spacial score (nSPS) is 12.6. The predicted octanol–water partition coefficient (Wildman–Crippen LogP) is 4.08. The number of hydrogen-bond donors (Lipinski definition) is 1. The molecule has 0 unspecified atom stereocenters. The Kier molecular flexibility index (Phi) is 4.73. The van der Waals surface area contributed by atoms with Crippen molar-refractivity contribution in [3.8, 4) is 5.69 Å². The van der Waals surface area contributed by atoms with E-state index in [1.807, 2.05) is 76.4 Å². The van der Waals surface area contributed by atoms with Crippen molar-refractivity contribution in [3.05, 3.63) is 102 Å². The van der Waals surface area contributed by atoms with Crippen molar-refractivity contribution >= 4 is 17.4 Å². The van der Waals surface area contributed by atoms with Gasteiger partial charge in [-0.15, -0.1) is 0 Å². The van der Waals surface area contributed by atoms with E-state index in [1.165, 1.54) is 5.56 Å². The molecule has 148 valence electrons. The SMILES string of the molecule is O=C(c1cccnc1NCc1ccn(-c2ccccc2)n1)N1CCc2ccccc21. The molecule has 30 heavy (non-hydrogen) atoms. The zero-order valence-electron chi connectivity index (χ0n) is 16.4. The first kappa shape index (κ1) is 18.1. The van der Waals surface area contributed by atoms with Crippen molar-refractivity contribution in [2.24, 2.45) is 0 Å². The maximum absolute atomic E-state index is 13.3. The van der Waals surface area contributed by atoms with Crippen molar-refractivity contribution in [2.75, 3.05) is 16.8 Å². The summed E-state index contributed by atoms with van der Waals surface area (Å²) in [7, 11) is 0. The molecular formula is C24H21N5O. The molecule has 1 aliphatic heterocycles. The average Bonchev–Trinajstić information content (AvgIpc) is 3.45. The second kappa shape index (κ2) is 7.83. The van der Waals surface area contributed by atoms with Crippen LogP contribution in [-0.2, 0) is 13.0 Å². The van der Waals surface area contributed by atoms with Gasteiger partial charge >= 0.3 is 0 Å². The number of hydrogen-bond acceptors (Lipinski definition) is 4. The van der Waals surface area contributed by atoms with Gasteiger partial charge in [0.15, 0.2) is 0 Å². The van der Waals surface area contributed by atoms with Gasteiger partial charge in [0.1, 0.15) is 5.82 Å². The number of aromatic nitrogens is 3. The number of amides is 1. The molecule has 1 N–H and O–H groups in total. The van der Waals surface area contributed by atoms with Gasteiger partial charge in [0.2, 0.25) is 0 Å². The highest BCUT2D eigenvalue weighted by molar-refractivity contribution is 6.10. The van der Waals surface area contributed by atoms with E-state index in [0.717, 1.165) is 23.5 Å². The topological polar surface area (TPSA) is 63.1 Å². The van der Waals surface area contributed by atoms with Crippen molar-refractivity contribution in [3.63, 3.8) is 0 Å². The Morgan fingerprint density at radius 1 is 0.967 bits per heavy atom. The first-order valence-electron chi connectivity index (χ1n) is 9.98. The predicted molar refractivity (Wildman–Crippen MR) is 117 cm³/mol. The van der Waals surface area contributed by atoms with Gasteiger partial charge in [-0.2, -0.15) is 5.10 Å². The summed E-state index contributed by atoms with van der Waals surface area (Å²) in [6, 6.07) is 23.6. The molecular weight excluding hydrogens is 374 g/mol. The summed E-state index contributed by atoms with van der Waals surface area (Å²) in [5, 5.41) is 7.90. The van der Waals surface area contributed by atoms with E-state index in [9.17, 15) is 4.79 Å². The van der Waals surface area contributed by atoms with Crippen molar-refractivity contribution in [1.29, 1.82) is 0 Å². The molecule has 2 aromatic heterocycles. The summed E-state index contributed by atoms with van der Waals surface area (Å²) in [6.45, 7) is 1.17. The third-order valence-corrected chi connectivity index (χ3v) is 5.27. The fourth-order valence-electron chi connectivity index (χ4n) is 3.77. The number of pyridine rings is 1. The molecule has 2 aromatic carbocycles. The van der Waals surface area contributed by atoms with E-state index < -0.39 is 0 Å². The first-order chi connectivity index (χ1) is 14.8. The molecule has 0 saturated carbocycles. The van der Waals surface area contributed by atoms with Crippen LogP contribution in [0.1, 0.15) is 21.6 Å². The number of carbonyl (C=O) groups excluding carboxylic acids is 1. The molecule has 0 bridgehead atoms. The summed E-state index contributed by atoms with van der Waals surface area (Å²) in [4.78, 5) is 19.5. The lowest BCUT2D eigenvalue weighted by Gasteiger charge is -2.19. The number of benzene rings is 2. The van der Waals surface area contributed by atoms with Crippen LogP contribution in [0.2, 0.25) is 0 Å². The second-order valence-corrected chi connectivity index (χ2v) is 7.18. The van der Waals surface area contributed by atoms with Crippen LogP contribution in [-0.4, -0.2) is 27.2 Å². The molecule has 1 aliphatic rings. The van der Waals surface area contributed by atoms with E-state index in [0.29, 0.717) is 24.5 Å².